The number of pyridine rings is 2. The lowest BCUT2D eigenvalue weighted by Crippen LogP contribution is -2.44. The summed E-state index contributed by atoms with van der Waals surface area (Å²) in [6.07, 6.45) is 3.52. The van der Waals surface area contributed by atoms with Gasteiger partial charge in [-0.25, -0.2) is 4.98 Å². The number of aryl methyl sites for hydroxylation is 1. The van der Waals surface area contributed by atoms with E-state index in [2.05, 4.69) is 29.5 Å². The predicted octanol–water partition coefficient (Wildman–Crippen LogP) is 3.04. The minimum absolute atomic E-state index is 0.0552. The lowest BCUT2D eigenvalue weighted by Gasteiger charge is -2.34. The fraction of sp³-hybridized carbons (Fsp3) is 0.400. The van der Waals surface area contributed by atoms with E-state index in [1.165, 1.54) is 29.0 Å². The molecule has 40 heavy (non-hydrogen) atoms. The molecule has 1 aromatic carbocycles. The second kappa shape index (κ2) is 11.0. The van der Waals surface area contributed by atoms with E-state index in [-0.39, 0.29) is 39.5 Å². The van der Waals surface area contributed by atoms with Gasteiger partial charge in [0.1, 0.15) is 21.9 Å². The summed E-state index contributed by atoms with van der Waals surface area (Å²) in [5, 5.41) is 17.5. The second-order valence-corrected chi connectivity index (χ2v) is 13.4. The number of piperidine rings is 1. The van der Waals surface area contributed by atoms with Crippen LogP contribution in [0, 0.1) is 5.92 Å². The Morgan fingerprint density at radius 1 is 1.20 bits per heavy atom. The van der Waals surface area contributed by atoms with Gasteiger partial charge >= 0.3 is 0 Å². The minimum Gasteiger partial charge on any atom is -0.506 e. The molecular formula is C25H33N7O6S2. The maximum atomic E-state index is 13.6. The van der Waals surface area contributed by atoms with Gasteiger partial charge in [-0.05, 0) is 68.6 Å². The topological polar surface area (TPSA) is 190 Å². The van der Waals surface area contributed by atoms with Crippen LogP contribution >= 0.6 is 10.8 Å². The highest BCUT2D eigenvalue weighted by Crippen LogP contribution is 2.56. The number of anilines is 2. The van der Waals surface area contributed by atoms with E-state index in [1.54, 1.807) is 12.1 Å². The Hall–Kier alpha value is -3.21. The number of aromatic hydroxyl groups is 1. The fourth-order valence-electron chi connectivity index (χ4n) is 4.77. The lowest BCUT2D eigenvalue weighted by atomic mass is 10.1. The molecule has 2 aliphatic heterocycles. The van der Waals surface area contributed by atoms with E-state index >= 15 is 0 Å². The third kappa shape index (κ3) is 5.80. The van der Waals surface area contributed by atoms with Crippen molar-refractivity contribution in [3.05, 3.63) is 52.4 Å². The van der Waals surface area contributed by atoms with E-state index in [0.717, 1.165) is 0 Å². The van der Waals surface area contributed by atoms with E-state index in [9.17, 15) is 27.4 Å². The summed E-state index contributed by atoms with van der Waals surface area (Å²) in [6, 6.07) is 7.24. The standard InChI is InChI=1S/C25H33N7O6S2/c1-15(2)9-13-32-24-18(4-3-10-27-24)22(33)21(25(32)34)23-28-19-6-5-17(14-20(19)39(35,36)31-23)30-40(37,38)29-16-7-11-26-12-8-16/h3-6,10,14-16,26,29-30,33,35-36H,7-9,11-13H2,1-2H3,(H,28,31). The Kier molecular flexibility index (Phi) is 7.78. The van der Waals surface area contributed by atoms with Crippen molar-refractivity contribution in [1.82, 2.24) is 19.6 Å². The highest BCUT2D eigenvalue weighted by Gasteiger charge is 2.31. The molecule has 13 nitrogen and oxygen atoms in total. The summed E-state index contributed by atoms with van der Waals surface area (Å²) in [5.41, 5.74) is -0.171. The van der Waals surface area contributed by atoms with Crippen molar-refractivity contribution < 1.29 is 22.6 Å². The van der Waals surface area contributed by atoms with Gasteiger partial charge in [0.05, 0.1) is 16.8 Å². The van der Waals surface area contributed by atoms with Crippen LogP contribution in [0.15, 0.2) is 50.6 Å². The van der Waals surface area contributed by atoms with Crippen molar-refractivity contribution in [2.75, 3.05) is 23.1 Å². The van der Waals surface area contributed by atoms with Gasteiger partial charge in [-0.15, -0.1) is 4.40 Å². The van der Waals surface area contributed by atoms with Gasteiger partial charge in [0.25, 0.3) is 15.8 Å². The number of fused-ring (bicyclic) bond motifs is 2. The molecular weight excluding hydrogens is 558 g/mol. The summed E-state index contributed by atoms with van der Waals surface area (Å²) >= 11 is 0. The molecule has 0 atom stereocenters. The zero-order chi connectivity index (χ0) is 28.7. The molecule has 1 saturated heterocycles. The number of hydrogen-bond donors (Lipinski definition) is 7. The van der Waals surface area contributed by atoms with Gasteiger partial charge in [-0.1, -0.05) is 24.6 Å². The third-order valence-corrected chi connectivity index (χ3v) is 9.33. The van der Waals surface area contributed by atoms with Crippen LogP contribution in [0.4, 0.5) is 11.4 Å². The molecule has 216 valence electrons. The monoisotopic (exact) mass is 591 g/mol. The summed E-state index contributed by atoms with van der Waals surface area (Å²) in [6.45, 7) is 5.82. The zero-order valence-corrected chi connectivity index (χ0v) is 23.7. The molecule has 15 heteroatoms. The van der Waals surface area contributed by atoms with E-state index in [4.69, 9.17) is 0 Å². The molecule has 0 radical (unpaired) electrons. The average Bonchev–Trinajstić information content (AvgIpc) is 2.89. The Balaban J connectivity index is 1.49. The Bertz CT molecular complexity index is 1630. The summed E-state index contributed by atoms with van der Waals surface area (Å²) in [5.74, 6) is -0.291. The maximum Gasteiger partial charge on any atom is 0.299 e. The van der Waals surface area contributed by atoms with Crippen molar-refractivity contribution in [3.8, 4) is 5.75 Å². The van der Waals surface area contributed by atoms with Crippen molar-refractivity contribution >= 4 is 49.2 Å². The van der Waals surface area contributed by atoms with Crippen molar-refractivity contribution in [2.24, 2.45) is 10.3 Å². The lowest BCUT2D eigenvalue weighted by molar-refractivity contribution is 0.428. The molecule has 0 bridgehead atoms. The average molecular weight is 592 g/mol. The van der Waals surface area contributed by atoms with Gasteiger partial charge in [-0.2, -0.15) is 13.1 Å². The molecule has 1 fully saturated rings. The first kappa shape index (κ1) is 28.3. The number of amidine groups is 1. The number of nitrogens with zero attached hydrogens (tertiary/aromatic N) is 3. The third-order valence-electron chi connectivity index (χ3n) is 6.82. The van der Waals surface area contributed by atoms with Crippen LogP contribution in [0.3, 0.4) is 0 Å². The molecule has 0 aliphatic carbocycles. The molecule has 2 aromatic heterocycles. The highest BCUT2D eigenvalue weighted by molar-refractivity contribution is 8.23. The minimum atomic E-state index is -3.92. The summed E-state index contributed by atoms with van der Waals surface area (Å²) in [4.78, 5) is 17.9. The van der Waals surface area contributed by atoms with Gasteiger partial charge < -0.3 is 15.7 Å². The van der Waals surface area contributed by atoms with Crippen LogP contribution in [0.25, 0.3) is 11.0 Å². The smallest absolute Gasteiger partial charge is 0.299 e. The molecule has 0 saturated carbocycles. The first-order chi connectivity index (χ1) is 18.9. The fourth-order valence-corrected chi connectivity index (χ4v) is 7.13. The van der Waals surface area contributed by atoms with Crippen LogP contribution in [0.1, 0.15) is 38.7 Å². The van der Waals surface area contributed by atoms with Gasteiger partial charge in [0.15, 0.2) is 5.84 Å². The molecule has 5 rings (SSSR count). The first-order valence-corrected chi connectivity index (χ1v) is 15.9. The highest BCUT2D eigenvalue weighted by atomic mass is 32.3. The van der Waals surface area contributed by atoms with Crippen molar-refractivity contribution in [3.63, 3.8) is 0 Å². The number of rotatable bonds is 8. The van der Waals surface area contributed by atoms with Crippen LogP contribution in [-0.2, 0) is 16.8 Å². The number of aromatic nitrogens is 2. The first-order valence-electron chi connectivity index (χ1n) is 13.0. The second-order valence-electron chi connectivity index (χ2n) is 10.3. The molecule has 3 aromatic rings. The summed E-state index contributed by atoms with van der Waals surface area (Å²) in [7, 11) is -7.80. The summed E-state index contributed by atoms with van der Waals surface area (Å²) < 4.78 is 57.8. The predicted molar refractivity (Wildman–Crippen MR) is 156 cm³/mol. The van der Waals surface area contributed by atoms with Crippen molar-refractivity contribution in [1.29, 1.82) is 0 Å². The largest absolute Gasteiger partial charge is 0.506 e. The SMILES string of the molecule is CC(C)CCn1c(=O)c(C2=NS(O)(O)c3cc(NS(=O)(=O)NC4CCNCC4)ccc3N2)c(O)c2cccnc21. The van der Waals surface area contributed by atoms with E-state index in [0.29, 0.717) is 55.8 Å². The normalized spacial score (nSPS) is 18.2. The van der Waals surface area contributed by atoms with Crippen LogP contribution < -0.4 is 25.6 Å². The molecule has 0 unspecified atom stereocenters. The quantitative estimate of drug-likeness (QED) is 0.206. The molecule has 0 amide bonds. The number of hydrogen-bond acceptors (Lipinski definition) is 10. The number of nitrogens with one attached hydrogen (secondary N) is 4. The zero-order valence-electron chi connectivity index (χ0n) is 22.1. The van der Waals surface area contributed by atoms with Crippen molar-refractivity contribution in [2.45, 2.75) is 50.6 Å². The number of benzene rings is 1. The molecule has 2 aliphatic rings. The van der Waals surface area contributed by atoms with Crippen LogP contribution in [-0.4, -0.2) is 57.1 Å². The molecule has 7 N–H and O–H groups in total. The maximum absolute atomic E-state index is 13.6. The van der Waals surface area contributed by atoms with Crippen LogP contribution in [0.5, 0.6) is 5.75 Å². The Morgan fingerprint density at radius 3 is 2.67 bits per heavy atom. The van der Waals surface area contributed by atoms with E-state index < -0.39 is 26.5 Å². The van der Waals surface area contributed by atoms with Gasteiger partial charge in [0, 0.05) is 18.8 Å². The van der Waals surface area contributed by atoms with Gasteiger partial charge in [-0.3, -0.25) is 23.2 Å². The Morgan fingerprint density at radius 2 is 1.95 bits per heavy atom. The van der Waals surface area contributed by atoms with E-state index in [1.807, 2.05) is 13.8 Å². The molecule has 0 spiro atoms. The molecule has 4 heterocycles. The van der Waals surface area contributed by atoms with Crippen LogP contribution in [0.2, 0.25) is 0 Å². The van der Waals surface area contributed by atoms with Gasteiger partial charge in [0.2, 0.25) is 0 Å². The Labute approximate surface area is 233 Å².